The van der Waals surface area contributed by atoms with Crippen molar-refractivity contribution >= 4 is 16.7 Å². The van der Waals surface area contributed by atoms with Crippen LogP contribution in [-0.4, -0.2) is 19.7 Å². The molecule has 0 saturated carbocycles. The van der Waals surface area contributed by atoms with Gasteiger partial charge in [-0.05, 0) is 56.7 Å². The van der Waals surface area contributed by atoms with Crippen molar-refractivity contribution in [1.29, 1.82) is 0 Å². The first-order valence-corrected chi connectivity index (χ1v) is 11.1. The summed E-state index contributed by atoms with van der Waals surface area (Å²) in [6.45, 7) is 5.84. The smallest absolute Gasteiger partial charge is 0.196 e. The molecule has 5 rings (SSSR count). The third kappa shape index (κ3) is 3.85. The van der Waals surface area contributed by atoms with Crippen LogP contribution in [0.1, 0.15) is 29.7 Å². The predicted molar refractivity (Wildman–Crippen MR) is 134 cm³/mol. The monoisotopic (exact) mass is 451 g/mol. The van der Waals surface area contributed by atoms with Crippen LogP contribution in [-0.2, 0) is 7.05 Å². The number of hydrogen-bond donors (Lipinski definition) is 1. The maximum atomic E-state index is 13.3. The molecule has 7 heteroatoms. The molecule has 0 aliphatic rings. The van der Waals surface area contributed by atoms with Crippen LogP contribution in [0.4, 0.5) is 5.69 Å². The van der Waals surface area contributed by atoms with E-state index in [2.05, 4.69) is 33.4 Å². The van der Waals surface area contributed by atoms with Crippen molar-refractivity contribution in [3.63, 3.8) is 0 Å². The number of rotatable bonds is 5. The Balaban J connectivity index is 1.63. The number of hydrogen-bond acceptors (Lipinski definition) is 6. The van der Waals surface area contributed by atoms with Gasteiger partial charge >= 0.3 is 0 Å². The fraction of sp³-hybridized carbons (Fsp3) is 0.185. The lowest BCUT2D eigenvalue weighted by Gasteiger charge is -2.20. The van der Waals surface area contributed by atoms with E-state index < -0.39 is 0 Å². The van der Waals surface area contributed by atoms with Gasteiger partial charge in [-0.25, -0.2) is 0 Å². The first kappa shape index (κ1) is 21.6. The fourth-order valence-corrected chi connectivity index (χ4v) is 4.27. The van der Waals surface area contributed by atoms with Crippen molar-refractivity contribution in [2.45, 2.75) is 26.8 Å². The quantitative estimate of drug-likeness (QED) is 0.383. The van der Waals surface area contributed by atoms with Crippen LogP contribution in [0, 0.1) is 13.8 Å². The second-order valence-electron chi connectivity index (χ2n) is 8.53. The molecule has 5 aromatic rings. The van der Waals surface area contributed by atoms with Crippen LogP contribution in [0.3, 0.4) is 0 Å². The number of benzene rings is 1. The lowest BCUT2D eigenvalue weighted by Crippen LogP contribution is -2.13. The summed E-state index contributed by atoms with van der Waals surface area (Å²) in [5.74, 6) is 0.542. The van der Waals surface area contributed by atoms with Gasteiger partial charge in [-0.15, -0.1) is 0 Å². The summed E-state index contributed by atoms with van der Waals surface area (Å²) in [6, 6.07) is 11.4. The van der Waals surface area contributed by atoms with Crippen LogP contribution < -0.4 is 10.7 Å². The summed E-state index contributed by atoms with van der Waals surface area (Å²) in [6.07, 6.45) is 8.90. The first-order chi connectivity index (χ1) is 16.4. The largest absolute Gasteiger partial charge is 0.455 e. The number of fused-ring (bicyclic) bond motifs is 1. The van der Waals surface area contributed by atoms with Gasteiger partial charge in [0.1, 0.15) is 11.3 Å². The Labute approximate surface area is 197 Å². The molecule has 0 fully saturated rings. The maximum absolute atomic E-state index is 13.3. The number of aromatic nitrogens is 4. The van der Waals surface area contributed by atoms with E-state index in [0.29, 0.717) is 22.3 Å². The van der Waals surface area contributed by atoms with Crippen LogP contribution >= 0.6 is 0 Å². The minimum Gasteiger partial charge on any atom is -0.455 e. The number of anilines is 1. The molecule has 34 heavy (non-hydrogen) atoms. The Morgan fingerprint density at radius 1 is 1.06 bits per heavy atom. The zero-order valence-corrected chi connectivity index (χ0v) is 19.5. The van der Waals surface area contributed by atoms with Gasteiger partial charge in [0.25, 0.3) is 0 Å². The topological polar surface area (TPSA) is 85.8 Å². The average Bonchev–Trinajstić information content (AvgIpc) is 3.28. The summed E-state index contributed by atoms with van der Waals surface area (Å²) in [7, 11) is 1.88. The standard InChI is InChI=1S/C27H25N5O2/c1-16-11-21(18(3)31-23-8-6-10-29-24(23)20-14-30-32(4)15-20)27-22(12-16)25(33)17(2)26(34-27)19-7-5-9-28-13-19/h5-15,18,31H,1-4H3. The van der Waals surface area contributed by atoms with Gasteiger partial charge < -0.3 is 9.73 Å². The van der Waals surface area contributed by atoms with Crippen LogP contribution in [0.5, 0.6) is 0 Å². The van der Waals surface area contributed by atoms with E-state index >= 15 is 0 Å². The normalized spacial score (nSPS) is 12.1. The van der Waals surface area contributed by atoms with E-state index in [-0.39, 0.29) is 11.5 Å². The van der Waals surface area contributed by atoms with Gasteiger partial charge in [-0.1, -0.05) is 6.07 Å². The number of nitrogens with zero attached hydrogens (tertiary/aromatic N) is 4. The zero-order valence-electron chi connectivity index (χ0n) is 19.5. The maximum Gasteiger partial charge on any atom is 0.196 e. The van der Waals surface area contributed by atoms with Gasteiger partial charge in [0.15, 0.2) is 5.43 Å². The second kappa shape index (κ2) is 8.59. The first-order valence-electron chi connectivity index (χ1n) is 11.1. The molecule has 0 spiro atoms. The highest BCUT2D eigenvalue weighted by Crippen LogP contribution is 2.33. The van der Waals surface area contributed by atoms with Gasteiger partial charge in [0.05, 0.1) is 29.0 Å². The number of aryl methyl sites for hydroxylation is 2. The molecule has 0 saturated heterocycles. The van der Waals surface area contributed by atoms with E-state index in [1.54, 1.807) is 36.4 Å². The predicted octanol–water partition coefficient (Wildman–Crippen LogP) is 5.44. The van der Waals surface area contributed by atoms with Gasteiger partial charge in [0.2, 0.25) is 0 Å². The molecule has 0 amide bonds. The van der Waals surface area contributed by atoms with E-state index in [1.807, 2.05) is 50.5 Å². The van der Waals surface area contributed by atoms with Crippen LogP contribution in [0.15, 0.2) is 76.6 Å². The molecule has 1 unspecified atom stereocenters. The SMILES string of the molecule is Cc1cc(C(C)Nc2cccnc2-c2cnn(C)c2)c2oc(-c3cccnc3)c(C)c(=O)c2c1. The molecule has 170 valence electrons. The van der Waals surface area contributed by atoms with Gasteiger partial charge in [-0.2, -0.15) is 5.10 Å². The fourth-order valence-electron chi connectivity index (χ4n) is 4.27. The Morgan fingerprint density at radius 3 is 2.62 bits per heavy atom. The third-order valence-corrected chi connectivity index (χ3v) is 5.94. The van der Waals surface area contributed by atoms with Crippen molar-refractivity contribution in [3.8, 4) is 22.6 Å². The van der Waals surface area contributed by atoms with E-state index in [0.717, 1.165) is 33.6 Å². The summed E-state index contributed by atoms with van der Waals surface area (Å²) in [5.41, 5.74) is 6.40. The van der Waals surface area contributed by atoms with Crippen LogP contribution in [0.2, 0.25) is 0 Å². The Bertz CT molecular complexity index is 1550. The van der Waals surface area contributed by atoms with Crippen molar-refractivity contribution in [1.82, 2.24) is 19.7 Å². The van der Waals surface area contributed by atoms with Crippen molar-refractivity contribution < 1.29 is 4.42 Å². The molecule has 0 bridgehead atoms. The second-order valence-corrected chi connectivity index (χ2v) is 8.53. The minimum absolute atomic E-state index is 0.0327. The molecular formula is C27H25N5O2. The molecule has 4 aromatic heterocycles. The van der Waals surface area contributed by atoms with E-state index in [4.69, 9.17) is 4.42 Å². The van der Waals surface area contributed by atoms with Crippen molar-refractivity contribution in [3.05, 3.63) is 94.3 Å². The highest BCUT2D eigenvalue weighted by Gasteiger charge is 2.20. The number of nitrogens with one attached hydrogen (secondary N) is 1. The van der Waals surface area contributed by atoms with Gasteiger partial charge in [0, 0.05) is 54.1 Å². The molecule has 0 aliphatic carbocycles. The Hall–Kier alpha value is -4.26. The van der Waals surface area contributed by atoms with Crippen molar-refractivity contribution in [2.24, 2.45) is 7.05 Å². The zero-order chi connectivity index (χ0) is 23.8. The summed E-state index contributed by atoms with van der Waals surface area (Å²) in [4.78, 5) is 22.1. The summed E-state index contributed by atoms with van der Waals surface area (Å²) < 4.78 is 8.17. The Kier molecular flexibility index (Phi) is 5.45. The number of pyridine rings is 2. The molecule has 0 aliphatic heterocycles. The van der Waals surface area contributed by atoms with E-state index in [1.165, 1.54) is 0 Å². The minimum atomic E-state index is -0.158. The molecule has 1 atom stereocenters. The highest BCUT2D eigenvalue weighted by molar-refractivity contribution is 5.85. The third-order valence-electron chi connectivity index (χ3n) is 5.94. The van der Waals surface area contributed by atoms with E-state index in [9.17, 15) is 4.79 Å². The van der Waals surface area contributed by atoms with Gasteiger partial charge in [-0.3, -0.25) is 19.4 Å². The average molecular weight is 452 g/mol. The molecule has 7 nitrogen and oxygen atoms in total. The van der Waals surface area contributed by atoms with Crippen LogP contribution in [0.25, 0.3) is 33.6 Å². The van der Waals surface area contributed by atoms with Crippen molar-refractivity contribution in [2.75, 3.05) is 5.32 Å². The Morgan fingerprint density at radius 2 is 1.88 bits per heavy atom. The lowest BCUT2D eigenvalue weighted by atomic mass is 9.99. The summed E-state index contributed by atoms with van der Waals surface area (Å²) in [5, 5.41) is 8.42. The molecular weight excluding hydrogens is 426 g/mol. The molecule has 0 radical (unpaired) electrons. The summed E-state index contributed by atoms with van der Waals surface area (Å²) >= 11 is 0. The lowest BCUT2D eigenvalue weighted by molar-refractivity contribution is 0.605. The molecule has 1 aromatic carbocycles. The molecule has 4 heterocycles. The highest BCUT2D eigenvalue weighted by atomic mass is 16.3. The molecule has 1 N–H and O–H groups in total.